The molecule has 2 aromatic carbocycles. The smallest absolute Gasteiger partial charge is 0.321 e. The number of hydrogen-bond acceptors (Lipinski definition) is 5. The Morgan fingerprint density at radius 1 is 1.05 bits per heavy atom. The number of aromatic nitrogens is 5. The number of carbonyl (C=O) groups excluding carboxylic acids is 1. The van der Waals surface area contributed by atoms with Crippen molar-refractivity contribution in [2.75, 3.05) is 0 Å². The van der Waals surface area contributed by atoms with E-state index in [1.54, 1.807) is 29.1 Å². The number of hydrogen-bond donors (Lipinski definition) is 1. The molecule has 0 radical (unpaired) electrons. The highest BCUT2D eigenvalue weighted by Crippen LogP contribution is 2.30. The first-order chi connectivity index (χ1) is 18.0. The second kappa shape index (κ2) is 9.43. The van der Waals surface area contributed by atoms with Crippen LogP contribution in [0.3, 0.4) is 0 Å². The van der Waals surface area contributed by atoms with Gasteiger partial charge >= 0.3 is 5.92 Å². The summed E-state index contributed by atoms with van der Waals surface area (Å²) >= 11 is 0. The first-order valence-electron chi connectivity index (χ1n) is 11.6. The van der Waals surface area contributed by atoms with E-state index < -0.39 is 35.6 Å². The van der Waals surface area contributed by atoms with Gasteiger partial charge in [0.15, 0.2) is 5.65 Å². The van der Waals surface area contributed by atoms with Gasteiger partial charge in [-0.05, 0) is 56.3 Å². The number of aryl methyl sites for hydroxylation is 1. The number of carbonyl (C=O) groups is 1. The van der Waals surface area contributed by atoms with Crippen LogP contribution >= 0.6 is 0 Å². The van der Waals surface area contributed by atoms with Crippen molar-refractivity contribution in [3.63, 3.8) is 0 Å². The van der Waals surface area contributed by atoms with Gasteiger partial charge in [0.25, 0.3) is 5.91 Å². The molecule has 0 saturated carbocycles. The lowest BCUT2D eigenvalue weighted by Gasteiger charge is -2.27. The van der Waals surface area contributed by atoms with Crippen molar-refractivity contribution in [3.8, 4) is 11.4 Å². The minimum absolute atomic E-state index is 0.0307. The molecular weight excluding hydrogens is 504 g/mol. The highest BCUT2D eigenvalue weighted by atomic mass is 19.3. The predicted molar refractivity (Wildman–Crippen MR) is 130 cm³/mol. The fraction of sp³-hybridized carbons (Fsp3) is 0.231. The van der Waals surface area contributed by atoms with E-state index in [-0.39, 0.29) is 11.3 Å². The van der Waals surface area contributed by atoms with Crippen LogP contribution < -0.4 is 10.1 Å². The largest absolute Gasteiger partial charge is 0.484 e. The molecule has 0 fully saturated rings. The summed E-state index contributed by atoms with van der Waals surface area (Å²) in [5.74, 6) is -5.92. The van der Waals surface area contributed by atoms with Gasteiger partial charge < -0.3 is 10.1 Å². The molecule has 0 spiro atoms. The maximum Gasteiger partial charge on any atom is 0.321 e. The van der Waals surface area contributed by atoms with Crippen molar-refractivity contribution >= 4 is 22.5 Å². The molecule has 8 nitrogen and oxygen atoms in total. The second-order valence-corrected chi connectivity index (χ2v) is 9.03. The summed E-state index contributed by atoms with van der Waals surface area (Å²) in [5, 5.41) is 15.4. The molecule has 3 heterocycles. The van der Waals surface area contributed by atoms with Gasteiger partial charge in [0, 0.05) is 30.1 Å². The van der Waals surface area contributed by atoms with E-state index in [1.165, 1.54) is 6.92 Å². The Labute approximate surface area is 213 Å². The van der Waals surface area contributed by atoms with E-state index in [0.717, 1.165) is 29.2 Å². The quantitative estimate of drug-likeness (QED) is 0.304. The number of benzene rings is 2. The van der Waals surface area contributed by atoms with Crippen molar-refractivity contribution in [3.05, 3.63) is 83.9 Å². The van der Waals surface area contributed by atoms with Crippen molar-refractivity contribution < 1.29 is 27.1 Å². The lowest BCUT2D eigenvalue weighted by atomic mass is 10.0. The van der Waals surface area contributed by atoms with E-state index in [2.05, 4.69) is 20.6 Å². The van der Waals surface area contributed by atoms with Crippen molar-refractivity contribution in [1.82, 2.24) is 29.7 Å². The Morgan fingerprint density at radius 3 is 2.50 bits per heavy atom. The number of pyridine rings is 1. The summed E-state index contributed by atoms with van der Waals surface area (Å²) in [6, 6.07) is 10.4. The molecule has 12 heteroatoms. The lowest BCUT2D eigenvalue weighted by Crippen LogP contribution is -2.46. The van der Waals surface area contributed by atoms with Crippen LogP contribution in [0.2, 0.25) is 0 Å². The third-order valence-electron chi connectivity index (χ3n) is 6.03. The first kappa shape index (κ1) is 25.2. The number of halogens is 4. The van der Waals surface area contributed by atoms with Crippen LogP contribution in [0.25, 0.3) is 22.2 Å². The van der Waals surface area contributed by atoms with Gasteiger partial charge in [-0.1, -0.05) is 0 Å². The van der Waals surface area contributed by atoms with Gasteiger partial charge in [-0.2, -0.15) is 13.9 Å². The summed E-state index contributed by atoms with van der Waals surface area (Å²) in [5.41, 5.74) is 2.22. The number of ether oxygens (including phenoxy) is 1. The predicted octanol–water partition coefficient (Wildman–Crippen LogP) is 4.93. The van der Waals surface area contributed by atoms with Crippen LogP contribution in [0.4, 0.5) is 17.6 Å². The number of rotatable bonds is 7. The SMILES string of the molecule is Cc1nnc2ccc(-n3ncc4cc(O[C@H](c5cc(F)cc(F)c5)[C@H](C)NC(=O)C(C)(F)F)ccc43)cn12. The van der Waals surface area contributed by atoms with Crippen LogP contribution in [0.15, 0.2) is 60.9 Å². The monoisotopic (exact) mass is 526 g/mol. The first-order valence-corrected chi connectivity index (χ1v) is 11.6. The Bertz CT molecular complexity index is 1640. The average Bonchev–Trinajstić information content (AvgIpc) is 3.44. The van der Waals surface area contributed by atoms with E-state index in [0.29, 0.717) is 24.0 Å². The Morgan fingerprint density at radius 2 is 1.79 bits per heavy atom. The van der Waals surface area contributed by atoms with Gasteiger partial charge in [-0.25, -0.2) is 13.5 Å². The van der Waals surface area contributed by atoms with Crippen LogP contribution in [-0.4, -0.2) is 42.3 Å². The molecule has 5 rings (SSSR count). The van der Waals surface area contributed by atoms with Crippen molar-refractivity contribution in [2.45, 2.75) is 38.8 Å². The maximum absolute atomic E-state index is 14.0. The van der Waals surface area contributed by atoms with Crippen LogP contribution in [0.1, 0.15) is 31.3 Å². The number of nitrogens with one attached hydrogen (secondary N) is 1. The van der Waals surface area contributed by atoms with Crippen LogP contribution in [0.5, 0.6) is 5.75 Å². The zero-order chi connectivity index (χ0) is 27.2. The van der Waals surface area contributed by atoms with Gasteiger partial charge in [0.05, 0.1) is 23.4 Å². The zero-order valence-electron chi connectivity index (χ0n) is 20.5. The summed E-state index contributed by atoms with van der Waals surface area (Å²) < 4.78 is 64.6. The summed E-state index contributed by atoms with van der Waals surface area (Å²) in [7, 11) is 0. The normalized spacial score (nSPS) is 13.6. The minimum atomic E-state index is -3.65. The molecule has 0 bridgehead atoms. The molecule has 0 aliphatic carbocycles. The summed E-state index contributed by atoms with van der Waals surface area (Å²) in [4.78, 5) is 11.9. The summed E-state index contributed by atoms with van der Waals surface area (Å²) in [6.45, 7) is 3.71. The number of fused-ring (bicyclic) bond motifs is 2. The molecule has 0 aliphatic rings. The Balaban J connectivity index is 1.48. The number of nitrogens with zero attached hydrogens (tertiary/aromatic N) is 5. The fourth-order valence-electron chi connectivity index (χ4n) is 4.16. The molecule has 1 amide bonds. The number of alkyl halides is 2. The molecule has 38 heavy (non-hydrogen) atoms. The average molecular weight is 526 g/mol. The van der Waals surface area contributed by atoms with Crippen molar-refractivity contribution in [1.29, 1.82) is 0 Å². The van der Waals surface area contributed by atoms with Crippen LogP contribution in [0, 0.1) is 18.6 Å². The maximum atomic E-state index is 14.0. The van der Waals surface area contributed by atoms with Gasteiger partial charge in [-0.15, -0.1) is 10.2 Å². The lowest BCUT2D eigenvalue weighted by molar-refractivity contribution is -0.144. The molecule has 1 N–H and O–H groups in total. The highest BCUT2D eigenvalue weighted by molar-refractivity contribution is 5.83. The third-order valence-corrected chi connectivity index (χ3v) is 6.03. The van der Waals surface area contributed by atoms with E-state index in [9.17, 15) is 22.4 Å². The molecular formula is C26H22F4N6O2. The van der Waals surface area contributed by atoms with Gasteiger partial charge in [0.1, 0.15) is 29.3 Å². The standard InChI is InChI=1S/C26H22F4N6O2/c1-14(32-25(37)26(3,29)30)24(16-8-18(27)11-19(28)9-16)38-21-5-6-22-17(10-21)12-31-36(22)20-4-7-23-34-33-15(2)35(23)13-20/h4-14,24H,1-3H3,(H,32,37)/t14-,24-/m0/s1. The van der Waals surface area contributed by atoms with E-state index in [4.69, 9.17) is 4.74 Å². The van der Waals surface area contributed by atoms with Crippen LogP contribution in [-0.2, 0) is 4.79 Å². The molecule has 5 aromatic rings. The van der Waals surface area contributed by atoms with Gasteiger partial charge in [0.2, 0.25) is 0 Å². The Hall–Kier alpha value is -4.48. The van der Waals surface area contributed by atoms with E-state index in [1.807, 2.05) is 29.7 Å². The fourth-order valence-corrected chi connectivity index (χ4v) is 4.16. The number of amides is 1. The van der Waals surface area contributed by atoms with Crippen molar-refractivity contribution in [2.24, 2.45) is 0 Å². The molecule has 3 aromatic heterocycles. The molecule has 0 aliphatic heterocycles. The third kappa shape index (κ3) is 4.89. The Kier molecular flexibility index (Phi) is 6.25. The van der Waals surface area contributed by atoms with E-state index >= 15 is 0 Å². The second-order valence-electron chi connectivity index (χ2n) is 9.03. The molecule has 0 saturated heterocycles. The molecule has 2 atom stereocenters. The highest BCUT2D eigenvalue weighted by Gasteiger charge is 2.35. The topological polar surface area (TPSA) is 86.3 Å². The molecule has 0 unspecified atom stereocenters. The van der Waals surface area contributed by atoms with Gasteiger partial charge in [-0.3, -0.25) is 9.20 Å². The summed E-state index contributed by atoms with van der Waals surface area (Å²) in [6.07, 6.45) is 2.28. The minimum Gasteiger partial charge on any atom is -0.484 e. The zero-order valence-corrected chi connectivity index (χ0v) is 20.5. The molecule has 196 valence electrons.